The molecule has 0 bridgehead atoms. The highest BCUT2D eigenvalue weighted by Gasteiger charge is 2.33. The topological polar surface area (TPSA) is 80.7 Å². The predicted molar refractivity (Wildman–Crippen MR) is 139 cm³/mol. The molecule has 2 heterocycles. The number of ether oxygens (including phenoxy) is 2. The number of aliphatic hydroxyl groups excluding tert-OH is 1. The van der Waals surface area contributed by atoms with Crippen molar-refractivity contribution in [2.24, 2.45) is 0 Å². The zero-order valence-electron chi connectivity index (χ0n) is 18.4. The molecule has 3 atom stereocenters. The van der Waals surface area contributed by atoms with E-state index in [0.717, 1.165) is 21.7 Å². The summed E-state index contributed by atoms with van der Waals surface area (Å²) in [6.45, 7) is -0.0119. The van der Waals surface area contributed by atoms with E-state index in [9.17, 15) is 9.90 Å². The molecule has 10 heteroatoms. The first-order valence-corrected chi connectivity index (χ1v) is 13.0. The smallest absolute Gasteiger partial charge is 0.276 e. The molecule has 0 saturated carbocycles. The maximum absolute atomic E-state index is 11.9. The first-order valence-electron chi connectivity index (χ1n) is 10.8. The van der Waals surface area contributed by atoms with E-state index < -0.39 is 16.0 Å². The van der Waals surface area contributed by atoms with Crippen molar-refractivity contribution in [2.45, 2.75) is 40.3 Å². The SMILES string of the molecule is O=C(Nc1ccc([C@@H]2O[C@H](CSc3ccccn3)C[C@H](c3ccc(CO)cc3)O2)cc1)C(Cl)(Cl)Cl. The lowest BCUT2D eigenvalue weighted by Gasteiger charge is -2.36. The highest BCUT2D eigenvalue weighted by molar-refractivity contribution is 7.99. The van der Waals surface area contributed by atoms with Gasteiger partial charge in [-0.1, -0.05) is 77.3 Å². The minimum Gasteiger partial charge on any atom is -0.392 e. The second-order valence-corrected chi connectivity index (χ2v) is 11.2. The number of benzene rings is 2. The van der Waals surface area contributed by atoms with Gasteiger partial charge in [-0.25, -0.2) is 4.98 Å². The molecule has 0 spiro atoms. The van der Waals surface area contributed by atoms with Gasteiger partial charge in [0.05, 0.1) is 23.8 Å². The number of halogens is 3. The summed E-state index contributed by atoms with van der Waals surface area (Å²) in [4.78, 5) is 16.3. The van der Waals surface area contributed by atoms with Crippen LogP contribution in [0.15, 0.2) is 78.0 Å². The third-order valence-corrected chi connectivity index (χ3v) is 6.96. The van der Waals surface area contributed by atoms with Gasteiger partial charge in [0.15, 0.2) is 6.29 Å². The van der Waals surface area contributed by atoms with Crippen LogP contribution in [0.5, 0.6) is 0 Å². The molecule has 184 valence electrons. The maximum Gasteiger partial charge on any atom is 0.276 e. The Labute approximate surface area is 222 Å². The van der Waals surface area contributed by atoms with Crippen LogP contribution in [0.3, 0.4) is 0 Å². The first-order chi connectivity index (χ1) is 16.8. The number of aliphatic hydroxyl groups is 1. The lowest BCUT2D eigenvalue weighted by Crippen LogP contribution is -2.31. The molecule has 1 aromatic heterocycles. The summed E-state index contributed by atoms with van der Waals surface area (Å²) < 4.78 is 10.6. The first kappa shape index (κ1) is 26.2. The lowest BCUT2D eigenvalue weighted by atomic mass is 10.0. The average molecular weight is 554 g/mol. The fourth-order valence-electron chi connectivity index (χ4n) is 3.56. The van der Waals surface area contributed by atoms with Crippen LogP contribution in [0.2, 0.25) is 0 Å². The number of thioether (sulfide) groups is 1. The van der Waals surface area contributed by atoms with Crippen molar-refractivity contribution in [3.8, 4) is 0 Å². The number of pyridine rings is 1. The standard InChI is InChI=1S/C25H23Cl3N2O4S/c26-25(27,28)24(32)30-19-10-8-18(9-11-19)23-33-20(15-35-22-3-1-2-12-29-22)13-21(34-23)17-6-4-16(14-31)5-7-17/h1-12,20-21,23,31H,13-15H2,(H,30,32)/t20-,21+,23+/m0/s1. The van der Waals surface area contributed by atoms with Crippen LogP contribution in [-0.2, 0) is 20.9 Å². The van der Waals surface area contributed by atoms with E-state index in [1.165, 1.54) is 0 Å². The molecular formula is C25H23Cl3N2O4S. The second-order valence-electron chi connectivity index (χ2n) is 7.90. The number of aromatic nitrogens is 1. The van der Waals surface area contributed by atoms with Gasteiger partial charge in [-0.2, -0.15) is 0 Å². The molecule has 2 aromatic carbocycles. The molecule has 1 amide bonds. The van der Waals surface area contributed by atoms with Crippen LogP contribution in [0.1, 0.15) is 35.5 Å². The van der Waals surface area contributed by atoms with Gasteiger partial charge in [0, 0.05) is 29.6 Å². The predicted octanol–water partition coefficient (Wildman–Crippen LogP) is 6.22. The van der Waals surface area contributed by atoms with Gasteiger partial charge in [0.25, 0.3) is 9.70 Å². The number of alkyl halides is 3. The van der Waals surface area contributed by atoms with Crippen molar-refractivity contribution in [3.63, 3.8) is 0 Å². The van der Waals surface area contributed by atoms with Crippen molar-refractivity contribution in [3.05, 3.63) is 89.6 Å². The van der Waals surface area contributed by atoms with Crippen molar-refractivity contribution < 1.29 is 19.4 Å². The van der Waals surface area contributed by atoms with Crippen LogP contribution in [-0.4, -0.2) is 31.6 Å². The highest BCUT2D eigenvalue weighted by atomic mass is 35.6. The highest BCUT2D eigenvalue weighted by Crippen LogP contribution is 2.39. The van der Waals surface area contributed by atoms with Crippen LogP contribution in [0, 0.1) is 0 Å². The Hall–Kier alpha value is -1.84. The molecule has 6 nitrogen and oxygen atoms in total. The number of nitrogens with zero attached hydrogens (tertiary/aromatic N) is 1. The minimum absolute atomic E-state index is 0.0119. The summed E-state index contributed by atoms with van der Waals surface area (Å²) in [5.41, 5.74) is 3.13. The molecule has 2 N–H and O–H groups in total. The van der Waals surface area contributed by atoms with E-state index >= 15 is 0 Å². The Bertz CT molecular complexity index is 1110. The zero-order valence-corrected chi connectivity index (χ0v) is 21.5. The molecular weight excluding hydrogens is 531 g/mol. The Balaban J connectivity index is 1.50. The average Bonchev–Trinajstić information content (AvgIpc) is 2.88. The quantitative estimate of drug-likeness (QED) is 0.267. The van der Waals surface area contributed by atoms with Crippen LogP contribution in [0.25, 0.3) is 0 Å². The molecule has 4 rings (SSSR count). The summed E-state index contributed by atoms with van der Waals surface area (Å²) in [5.74, 6) is -0.0298. The van der Waals surface area contributed by atoms with Gasteiger partial charge in [0.2, 0.25) is 0 Å². The van der Waals surface area contributed by atoms with Gasteiger partial charge in [-0.3, -0.25) is 4.79 Å². The molecule has 35 heavy (non-hydrogen) atoms. The Morgan fingerprint density at radius 1 is 1.03 bits per heavy atom. The summed E-state index contributed by atoms with van der Waals surface area (Å²) in [5, 5.41) is 12.8. The molecule has 3 aromatic rings. The largest absolute Gasteiger partial charge is 0.392 e. The zero-order chi connectivity index (χ0) is 24.8. The Kier molecular flexibility index (Phi) is 8.94. The van der Waals surface area contributed by atoms with E-state index in [-0.39, 0.29) is 18.8 Å². The third-order valence-electron chi connectivity index (χ3n) is 5.37. The summed E-state index contributed by atoms with van der Waals surface area (Å²) in [7, 11) is 0. The van der Waals surface area contributed by atoms with Crippen molar-refractivity contribution >= 4 is 58.2 Å². The van der Waals surface area contributed by atoms with E-state index in [4.69, 9.17) is 44.3 Å². The number of hydrogen-bond donors (Lipinski definition) is 2. The Morgan fingerprint density at radius 3 is 2.37 bits per heavy atom. The third kappa shape index (κ3) is 7.33. The molecule has 1 aliphatic rings. The van der Waals surface area contributed by atoms with Crippen molar-refractivity contribution in [2.75, 3.05) is 11.1 Å². The normalized spacial score (nSPS) is 20.4. The summed E-state index contributed by atoms with van der Waals surface area (Å²) in [6.07, 6.45) is 1.54. The molecule has 0 radical (unpaired) electrons. The fraction of sp³-hybridized carbons (Fsp3) is 0.280. The Morgan fingerprint density at radius 2 is 1.74 bits per heavy atom. The number of hydrogen-bond acceptors (Lipinski definition) is 6. The van der Waals surface area contributed by atoms with Gasteiger partial charge in [-0.15, -0.1) is 11.8 Å². The number of amides is 1. The molecule has 1 saturated heterocycles. The van der Waals surface area contributed by atoms with E-state index in [2.05, 4.69) is 10.3 Å². The van der Waals surface area contributed by atoms with Gasteiger partial charge in [-0.05, 0) is 35.4 Å². The van der Waals surface area contributed by atoms with Crippen LogP contribution >= 0.6 is 46.6 Å². The fourth-order valence-corrected chi connectivity index (χ4v) is 4.58. The van der Waals surface area contributed by atoms with E-state index in [0.29, 0.717) is 17.9 Å². The number of carbonyl (C=O) groups excluding carboxylic acids is 1. The van der Waals surface area contributed by atoms with Crippen LogP contribution in [0.4, 0.5) is 5.69 Å². The number of carbonyl (C=O) groups is 1. The summed E-state index contributed by atoms with van der Waals surface area (Å²) >= 11 is 18.5. The monoisotopic (exact) mass is 552 g/mol. The number of anilines is 1. The van der Waals surface area contributed by atoms with E-state index in [1.54, 1.807) is 42.2 Å². The van der Waals surface area contributed by atoms with Crippen molar-refractivity contribution in [1.29, 1.82) is 0 Å². The van der Waals surface area contributed by atoms with Gasteiger partial charge < -0.3 is 19.9 Å². The van der Waals surface area contributed by atoms with Crippen molar-refractivity contribution in [1.82, 2.24) is 4.98 Å². The number of nitrogens with one attached hydrogen (secondary N) is 1. The van der Waals surface area contributed by atoms with Crippen LogP contribution < -0.4 is 5.32 Å². The molecule has 0 aliphatic carbocycles. The van der Waals surface area contributed by atoms with E-state index in [1.807, 2.05) is 42.5 Å². The second kappa shape index (κ2) is 11.9. The molecule has 0 unspecified atom stereocenters. The van der Waals surface area contributed by atoms with Gasteiger partial charge >= 0.3 is 0 Å². The number of rotatable bonds is 7. The van der Waals surface area contributed by atoms with Gasteiger partial charge in [0.1, 0.15) is 0 Å². The molecule has 1 aliphatic heterocycles. The lowest BCUT2D eigenvalue weighted by molar-refractivity contribution is -0.245. The minimum atomic E-state index is -2.05. The molecule has 1 fully saturated rings. The maximum atomic E-state index is 11.9. The summed E-state index contributed by atoms with van der Waals surface area (Å²) in [6, 6.07) is 20.5.